The minimum atomic E-state index is -0.192. The van der Waals surface area contributed by atoms with Gasteiger partial charge in [0.15, 0.2) is 0 Å². The van der Waals surface area contributed by atoms with Crippen molar-refractivity contribution in [2.24, 2.45) is 11.7 Å². The van der Waals surface area contributed by atoms with Crippen molar-refractivity contribution in [1.82, 2.24) is 9.88 Å². The number of carbonyl (C=O) groups is 1. The third-order valence-corrected chi connectivity index (χ3v) is 4.16. The first-order valence-electron chi connectivity index (χ1n) is 6.62. The van der Waals surface area contributed by atoms with Gasteiger partial charge in [-0.25, -0.2) is 4.98 Å². The summed E-state index contributed by atoms with van der Waals surface area (Å²) >= 11 is 5.87. The van der Waals surface area contributed by atoms with E-state index in [-0.39, 0.29) is 11.8 Å². The van der Waals surface area contributed by atoms with E-state index in [9.17, 15) is 4.79 Å². The lowest BCUT2D eigenvalue weighted by Gasteiger charge is -2.37. The van der Waals surface area contributed by atoms with Crippen LogP contribution in [0.3, 0.4) is 0 Å². The molecule has 5 heteroatoms. The molecular weight excluding hydrogens is 262 g/mol. The first-order valence-corrected chi connectivity index (χ1v) is 7.00. The second-order valence-corrected chi connectivity index (χ2v) is 5.72. The minimum Gasteiger partial charge on any atom is -0.369 e. The normalized spacial score (nSPS) is 24.4. The van der Waals surface area contributed by atoms with Gasteiger partial charge in [-0.05, 0) is 38.3 Å². The Kier molecular flexibility index (Phi) is 4.42. The van der Waals surface area contributed by atoms with E-state index in [1.165, 1.54) is 0 Å². The van der Waals surface area contributed by atoms with Gasteiger partial charge in [0.2, 0.25) is 5.91 Å². The summed E-state index contributed by atoms with van der Waals surface area (Å²) in [5.74, 6) is -0.223. The number of amides is 1. The number of primary amides is 1. The lowest BCUT2D eigenvalue weighted by molar-refractivity contribution is -0.124. The molecule has 1 aromatic rings. The summed E-state index contributed by atoms with van der Waals surface area (Å²) in [6.45, 7) is 5.68. The van der Waals surface area contributed by atoms with Gasteiger partial charge in [0, 0.05) is 24.8 Å². The lowest BCUT2D eigenvalue weighted by Crippen LogP contribution is -2.45. The molecule has 19 heavy (non-hydrogen) atoms. The molecule has 2 unspecified atom stereocenters. The molecule has 0 bridgehead atoms. The van der Waals surface area contributed by atoms with E-state index in [4.69, 9.17) is 17.3 Å². The monoisotopic (exact) mass is 281 g/mol. The van der Waals surface area contributed by atoms with Crippen LogP contribution in [0.2, 0.25) is 5.15 Å². The van der Waals surface area contributed by atoms with Gasteiger partial charge in [-0.2, -0.15) is 0 Å². The average molecular weight is 282 g/mol. The van der Waals surface area contributed by atoms with E-state index < -0.39 is 0 Å². The van der Waals surface area contributed by atoms with Crippen LogP contribution in [-0.4, -0.2) is 28.4 Å². The lowest BCUT2D eigenvalue weighted by atomic mass is 9.92. The third-order valence-electron chi connectivity index (χ3n) is 3.95. The predicted molar refractivity (Wildman–Crippen MR) is 75.8 cm³/mol. The fraction of sp³-hybridized carbons (Fsp3) is 0.571. The van der Waals surface area contributed by atoms with Crippen LogP contribution in [-0.2, 0) is 11.3 Å². The summed E-state index contributed by atoms with van der Waals surface area (Å²) in [7, 11) is 0. The maximum absolute atomic E-state index is 11.3. The van der Waals surface area contributed by atoms with Gasteiger partial charge in [-0.3, -0.25) is 9.69 Å². The van der Waals surface area contributed by atoms with Gasteiger partial charge in [0.25, 0.3) is 0 Å². The first kappa shape index (κ1) is 14.3. The van der Waals surface area contributed by atoms with Crippen LogP contribution in [0.1, 0.15) is 31.0 Å². The highest BCUT2D eigenvalue weighted by Gasteiger charge is 2.28. The number of hydrogen-bond acceptors (Lipinski definition) is 3. The highest BCUT2D eigenvalue weighted by Crippen LogP contribution is 2.24. The van der Waals surface area contributed by atoms with Crippen molar-refractivity contribution in [2.45, 2.75) is 39.3 Å². The maximum atomic E-state index is 11.3. The van der Waals surface area contributed by atoms with E-state index >= 15 is 0 Å². The number of piperidine rings is 1. The summed E-state index contributed by atoms with van der Waals surface area (Å²) < 4.78 is 0. The Bertz CT molecular complexity index is 478. The molecule has 2 heterocycles. The molecule has 0 saturated carbocycles. The van der Waals surface area contributed by atoms with Gasteiger partial charge >= 0.3 is 0 Å². The van der Waals surface area contributed by atoms with Crippen LogP contribution in [0, 0.1) is 12.8 Å². The minimum absolute atomic E-state index is 0.0308. The molecule has 1 saturated heterocycles. The third kappa shape index (κ3) is 3.45. The van der Waals surface area contributed by atoms with Crippen molar-refractivity contribution >= 4 is 17.5 Å². The maximum Gasteiger partial charge on any atom is 0.221 e. The number of rotatable bonds is 3. The topological polar surface area (TPSA) is 59.2 Å². The SMILES string of the molecule is Cc1nc(Cl)ccc1CN1CC(C(N)=O)CCC1C. The van der Waals surface area contributed by atoms with Crippen molar-refractivity contribution in [3.8, 4) is 0 Å². The Morgan fingerprint density at radius 2 is 2.26 bits per heavy atom. The average Bonchev–Trinajstić information content (AvgIpc) is 2.34. The van der Waals surface area contributed by atoms with E-state index in [0.29, 0.717) is 11.2 Å². The molecule has 1 aliphatic heterocycles. The summed E-state index contributed by atoms with van der Waals surface area (Å²) in [5.41, 5.74) is 7.52. The zero-order chi connectivity index (χ0) is 14.0. The molecule has 2 rings (SSSR count). The fourth-order valence-electron chi connectivity index (χ4n) is 2.58. The molecule has 0 aliphatic carbocycles. The van der Waals surface area contributed by atoms with Crippen LogP contribution < -0.4 is 5.73 Å². The fourth-order valence-corrected chi connectivity index (χ4v) is 2.77. The number of nitrogens with two attached hydrogens (primary N) is 1. The van der Waals surface area contributed by atoms with Crippen molar-refractivity contribution in [3.63, 3.8) is 0 Å². The quantitative estimate of drug-likeness (QED) is 0.864. The second-order valence-electron chi connectivity index (χ2n) is 5.33. The molecule has 1 amide bonds. The summed E-state index contributed by atoms with van der Waals surface area (Å²) in [6, 6.07) is 4.28. The Morgan fingerprint density at radius 3 is 2.89 bits per heavy atom. The summed E-state index contributed by atoms with van der Waals surface area (Å²) in [4.78, 5) is 17.9. The number of halogens is 1. The molecule has 0 spiro atoms. The molecule has 2 N–H and O–H groups in total. The van der Waals surface area contributed by atoms with Gasteiger partial charge in [0.1, 0.15) is 5.15 Å². The number of aromatic nitrogens is 1. The zero-order valence-electron chi connectivity index (χ0n) is 11.4. The molecule has 1 fully saturated rings. The van der Waals surface area contributed by atoms with Crippen LogP contribution in [0.4, 0.5) is 0 Å². The van der Waals surface area contributed by atoms with E-state index in [0.717, 1.165) is 37.2 Å². The first-order chi connectivity index (χ1) is 8.97. The van der Waals surface area contributed by atoms with Crippen LogP contribution in [0.15, 0.2) is 12.1 Å². The predicted octanol–water partition coefficient (Wildman–Crippen LogP) is 2.13. The van der Waals surface area contributed by atoms with Crippen LogP contribution in [0.25, 0.3) is 0 Å². The van der Waals surface area contributed by atoms with Gasteiger partial charge in [0.05, 0.1) is 5.92 Å². The number of carbonyl (C=O) groups excluding carboxylic acids is 1. The number of aryl methyl sites for hydroxylation is 1. The second kappa shape index (κ2) is 5.88. The molecule has 0 radical (unpaired) electrons. The molecule has 1 aromatic heterocycles. The van der Waals surface area contributed by atoms with E-state index in [1.54, 1.807) is 0 Å². The molecule has 104 valence electrons. The van der Waals surface area contributed by atoms with Crippen molar-refractivity contribution < 1.29 is 4.79 Å². The standard InChI is InChI=1S/C14H20ClN3O/c1-9-3-4-12(14(16)19)8-18(9)7-11-5-6-13(15)17-10(11)2/h5-6,9,12H,3-4,7-8H2,1-2H3,(H2,16,19). The van der Waals surface area contributed by atoms with Crippen molar-refractivity contribution in [2.75, 3.05) is 6.54 Å². The highest BCUT2D eigenvalue weighted by molar-refractivity contribution is 6.29. The molecular formula is C14H20ClN3O. The molecule has 1 aliphatic rings. The van der Waals surface area contributed by atoms with Crippen molar-refractivity contribution in [1.29, 1.82) is 0 Å². The number of likely N-dealkylation sites (tertiary alicyclic amines) is 1. The number of pyridine rings is 1. The number of nitrogens with zero attached hydrogens (tertiary/aromatic N) is 2. The van der Waals surface area contributed by atoms with Gasteiger partial charge < -0.3 is 5.73 Å². The van der Waals surface area contributed by atoms with Gasteiger partial charge in [-0.15, -0.1) is 0 Å². The number of hydrogen-bond donors (Lipinski definition) is 1. The van der Waals surface area contributed by atoms with Crippen LogP contribution in [0.5, 0.6) is 0 Å². The molecule has 0 aromatic carbocycles. The Hall–Kier alpha value is -1.13. The van der Waals surface area contributed by atoms with E-state index in [2.05, 4.69) is 16.8 Å². The Morgan fingerprint density at radius 1 is 1.53 bits per heavy atom. The largest absolute Gasteiger partial charge is 0.369 e. The Balaban J connectivity index is 2.09. The van der Waals surface area contributed by atoms with Gasteiger partial charge in [-0.1, -0.05) is 17.7 Å². The van der Waals surface area contributed by atoms with Crippen LogP contribution >= 0.6 is 11.6 Å². The Labute approximate surface area is 118 Å². The zero-order valence-corrected chi connectivity index (χ0v) is 12.2. The summed E-state index contributed by atoms with van der Waals surface area (Å²) in [5, 5.41) is 0.517. The van der Waals surface area contributed by atoms with Crippen molar-refractivity contribution in [3.05, 3.63) is 28.5 Å². The molecule has 2 atom stereocenters. The smallest absolute Gasteiger partial charge is 0.221 e. The molecule has 4 nitrogen and oxygen atoms in total. The summed E-state index contributed by atoms with van der Waals surface area (Å²) in [6.07, 6.45) is 1.90. The van der Waals surface area contributed by atoms with E-state index in [1.807, 2.05) is 19.1 Å². The highest BCUT2D eigenvalue weighted by atomic mass is 35.5.